The van der Waals surface area contributed by atoms with Gasteiger partial charge in [-0.2, -0.15) is 0 Å². The third-order valence-electron chi connectivity index (χ3n) is 8.11. The van der Waals surface area contributed by atoms with Crippen LogP contribution in [0.2, 0.25) is 0 Å². The molecule has 0 aromatic heterocycles. The van der Waals surface area contributed by atoms with Gasteiger partial charge in [-0.3, -0.25) is 4.39 Å². The van der Waals surface area contributed by atoms with Gasteiger partial charge in [0.05, 0.1) is 25.7 Å². The summed E-state index contributed by atoms with van der Waals surface area (Å²) in [6.07, 6.45) is 12.6. The number of hydrogen-bond acceptors (Lipinski definition) is 2. The minimum absolute atomic E-state index is 0.0142. The smallest absolute Gasteiger partial charge is 0.160 e. The van der Waals surface area contributed by atoms with Crippen LogP contribution in [0, 0.1) is 41.4 Å². The van der Waals surface area contributed by atoms with E-state index in [0.29, 0.717) is 29.6 Å². The second-order valence-corrected chi connectivity index (χ2v) is 10.1. The number of hydrogen-bond donors (Lipinski definition) is 0. The number of halogens is 2. The Morgan fingerprint density at radius 3 is 2.04 bits per heavy atom. The minimum atomic E-state index is -0.198. The van der Waals surface area contributed by atoms with E-state index in [2.05, 4.69) is 6.92 Å². The predicted molar refractivity (Wildman–Crippen MR) is 107 cm³/mol. The molecule has 0 amide bonds. The highest BCUT2D eigenvalue weighted by atomic mass is 19.1. The Morgan fingerprint density at radius 1 is 0.821 bits per heavy atom. The van der Waals surface area contributed by atoms with E-state index in [1.54, 1.807) is 0 Å². The van der Waals surface area contributed by atoms with E-state index in [1.807, 2.05) is 6.08 Å². The molecule has 1 heterocycles. The summed E-state index contributed by atoms with van der Waals surface area (Å²) in [5, 5.41) is 0. The van der Waals surface area contributed by atoms with Gasteiger partial charge in [0.1, 0.15) is 0 Å². The van der Waals surface area contributed by atoms with E-state index in [-0.39, 0.29) is 30.6 Å². The quantitative estimate of drug-likeness (QED) is 0.543. The predicted octanol–water partition coefficient (Wildman–Crippen LogP) is 6.46. The van der Waals surface area contributed by atoms with Gasteiger partial charge in [-0.25, -0.2) is 4.39 Å². The van der Waals surface area contributed by atoms with E-state index < -0.39 is 0 Å². The van der Waals surface area contributed by atoms with Crippen molar-refractivity contribution in [3.05, 3.63) is 11.9 Å². The van der Waals surface area contributed by atoms with Crippen molar-refractivity contribution in [2.45, 2.75) is 77.4 Å². The van der Waals surface area contributed by atoms with E-state index in [1.165, 1.54) is 12.8 Å². The van der Waals surface area contributed by atoms with Gasteiger partial charge in [0.25, 0.3) is 0 Å². The molecule has 0 bridgehead atoms. The number of allylic oxidation sites excluding steroid dienone is 2. The van der Waals surface area contributed by atoms with Crippen LogP contribution >= 0.6 is 0 Å². The van der Waals surface area contributed by atoms with Crippen LogP contribution in [0.4, 0.5) is 8.78 Å². The Labute approximate surface area is 169 Å². The molecule has 4 rings (SSSR count). The SMILES string of the molecule is CC1COC(C2CCC(C3C=C(F)C(C4CCC(CF)CC4)CC3)CC2)OC1. The molecule has 0 aromatic rings. The van der Waals surface area contributed by atoms with Gasteiger partial charge >= 0.3 is 0 Å². The Bertz CT molecular complexity index is 513. The van der Waals surface area contributed by atoms with E-state index in [9.17, 15) is 8.78 Å². The lowest BCUT2D eigenvalue weighted by atomic mass is 9.67. The minimum Gasteiger partial charge on any atom is -0.352 e. The van der Waals surface area contributed by atoms with Gasteiger partial charge in [0.15, 0.2) is 6.29 Å². The van der Waals surface area contributed by atoms with Crippen molar-refractivity contribution in [2.75, 3.05) is 19.9 Å². The lowest BCUT2D eigenvalue weighted by Gasteiger charge is -2.40. The summed E-state index contributed by atoms with van der Waals surface area (Å²) in [5.41, 5.74) is 0. The molecule has 3 aliphatic carbocycles. The summed E-state index contributed by atoms with van der Waals surface area (Å²) in [7, 11) is 0. The highest BCUT2D eigenvalue weighted by Gasteiger charge is 2.37. The first-order valence-corrected chi connectivity index (χ1v) is 11.8. The van der Waals surface area contributed by atoms with E-state index in [0.717, 1.165) is 64.6 Å². The van der Waals surface area contributed by atoms with Gasteiger partial charge in [0, 0.05) is 17.8 Å². The summed E-state index contributed by atoms with van der Waals surface area (Å²) < 4.78 is 39.6. The van der Waals surface area contributed by atoms with Crippen molar-refractivity contribution in [1.82, 2.24) is 0 Å². The molecule has 2 unspecified atom stereocenters. The zero-order valence-electron chi connectivity index (χ0n) is 17.5. The molecule has 0 radical (unpaired) electrons. The summed E-state index contributed by atoms with van der Waals surface area (Å²) in [6.45, 7) is 3.60. The zero-order valence-corrected chi connectivity index (χ0v) is 17.5. The lowest BCUT2D eigenvalue weighted by Crippen LogP contribution is -2.38. The van der Waals surface area contributed by atoms with Gasteiger partial charge in [-0.1, -0.05) is 6.92 Å². The maximum Gasteiger partial charge on any atom is 0.160 e. The van der Waals surface area contributed by atoms with Gasteiger partial charge in [0.2, 0.25) is 0 Å². The summed E-state index contributed by atoms with van der Waals surface area (Å²) in [6, 6.07) is 0. The van der Waals surface area contributed by atoms with Crippen LogP contribution < -0.4 is 0 Å². The first-order valence-electron chi connectivity index (χ1n) is 11.8. The first kappa shape index (κ1) is 20.8. The van der Waals surface area contributed by atoms with E-state index >= 15 is 0 Å². The fourth-order valence-electron chi connectivity index (χ4n) is 6.23. The third kappa shape index (κ3) is 4.80. The summed E-state index contributed by atoms with van der Waals surface area (Å²) >= 11 is 0. The zero-order chi connectivity index (χ0) is 19.5. The highest BCUT2D eigenvalue weighted by molar-refractivity contribution is 5.09. The van der Waals surface area contributed by atoms with Crippen LogP contribution in [0.15, 0.2) is 11.9 Å². The maximum absolute atomic E-state index is 15.0. The molecule has 160 valence electrons. The molecule has 4 heteroatoms. The molecule has 3 fully saturated rings. The lowest BCUT2D eigenvalue weighted by molar-refractivity contribution is -0.227. The van der Waals surface area contributed by atoms with Crippen LogP contribution in [0.1, 0.15) is 71.1 Å². The van der Waals surface area contributed by atoms with Crippen LogP contribution in [0.3, 0.4) is 0 Å². The molecule has 0 N–H and O–H groups in total. The molecule has 0 aromatic carbocycles. The fraction of sp³-hybridized carbons (Fsp3) is 0.917. The van der Waals surface area contributed by atoms with Crippen LogP contribution in [0.5, 0.6) is 0 Å². The molecule has 2 saturated carbocycles. The number of alkyl halides is 1. The second-order valence-electron chi connectivity index (χ2n) is 10.1. The molecular formula is C24H38F2O2. The van der Waals surface area contributed by atoms with Gasteiger partial charge in [-0.05, 0) is 94.0 Å². The standard InChI is InChI=1S/C24H38F2O2/c1-16-14-27-24(28-15-16)20-8-6-18(7-9-20)21-10-11-22(23(26)12-21)19-4-2-17(13-25)3-5-19/h12,16-22,24H,2-11,13-15H2,1H3. The van der Waals surface area contributed by atoms with Crippen molar-refractivity contribution in [3.63, 3.8) is 0 Å². The van der Waals surface area contributed by atoms with Crippen molar-refractivity contribution >= 4 is 0 Å². The van der Waals surface area contributed by atoms with Crippen molar-refractivity contribution in [3.8, 4) is 0 Å². The molecule has 1 aliphatic heterocycles. The number of ether oxygens (including phenoxy) is 2. The molecule has 0 spiro atoms. The van der Waals surface area contributed by atoms with Crippen molar-refractivity contribution in [1.29, 1.82) is 0 Å². The molecule has 1 saturated heterocycles. The Morgan fingerprint density at radius 2 is 1.43 bits per heavy atom. The molecule has 2 atom stereocenters. The largest absolute Gasteiger partial charge is 0.352 e. The fourth-order valence-corrected chi connectivity index (χ4v) is 6.23. The van der Waals surface area contributed by atoms with Crippen LogP contribution in [-0.2, 0) is 9.47 Å². The normalized spacial score (nSPS) is 45.5. The van der Waals surface area contributed by atoms with E-state index in [4.69, 9.17) is 9.47 Å². The highest BCUT2D eigenvalue weighted by Crippen LogP contribution is 2.46. The Hall–Kier alpha value is -0.480. The van der Waals surface area contributed by atoms with Crippen LogP contribution in [-0.4, -0.2) is 26.2 Å². The monoisotopic (exact) mass is 396 g/mol. The molecular weight excluding hydrogens is 358 g/mol. The first-order chi connectivity index (χ1) is 13.6. The topological polar surface area (TPSA) is 18.5 Å². The molecule has 28 heavy (non-hydrogen) atoms. The number of rotatable bonds is 4. The van der Waals surface area contributed by atoms with Crippen molar-refractivity contribution < 1.29 is 18.3 Å². The summed E-state index contributed by atoms with van der Waals surface area (Å²) in [5.74, 6) is 2.98. The molecule has 2 nitrogen and oxygen atoms in total. The summed E-state index contributed by atoms with van der Waals surface area (Å²) in [4.78, 5) is 0. The van der Waals surface area contributed by atoms with Crippen molar-refractivity contribution in [2.24, 2.45) is 41.4 Å². The average Bonchev–Trinajstić information content (AvgIpc) is 2.74. The Kier molecular flexibility index (Phi) is 7.09. The maximum atomic E-state index is 15.0. The van der Waals surface area contributed by atoms with Gasteiger partial charge in [-0.15, -0.1) is 0 Å². The average molecular weight is 397 g/mol. The molecule has 4 aliphatic rings. The van der Waals surface area contributed by atoms with Crippen LogP contribution in [0.25, 0.3) is 0 Å². The third-order valence-corrected chi connectivity index (χ3v) is 8.11. The van der Waals surface area contributed by atoms with Gasteiger partial charge < -0.3 is 9.47 Å². The Balaban J connectivity index is 1.26. The second kappa shape index (κ2) is 9.55.